The van der Waals surface area contributed by atoms with E-state index in [9.17, 15) is 0 Å². The van der Waals surface area contributed by atoms with E-state index in [-0.39, 0.29) is 0 Å². The van der Waals surface area contributed by atoms with E-state index in [1.54, 1.807) is 0 Å². The lowest BCUT2D eigenvalue weighted by Crippen LogP contribution is -2.14. The van der Waals surface area contributed by atoms with Gasteiger partial charge in [0.05, 0.1) is 17.6 Å². The Morgan fingerprint density at radius 1 is 1.00 bits per heavy atom. The molecule has 1 saturated heterocycles. The van der Waals surface area contributed by atoms with Crippen LogP contribution in [0.25, 0.3) is 11.3 Å². The minimum absolute atomic E-state index is 0.752. The van der Waals surface area contributed by atoms with Gasteiger partial charge in [0.2, 0.25) is 0 Å². The summed E-state index contributed by atoms with van der Waals surface area (Å²) in [4.78, 5) is 9.16. The lowest BCUT2D eigenvalue weighted by Gasteiger charge is -2.12. The van der Waals surface area contributed by atoms with E-state index in [0.717, 1.165) is 42.4 Å². The first-order valence-corrected chi connectivity index (χ1v) is 7.49. The Morgan fingerprint density at radius 2 is 1.90 bits per heavy atom. The summed E-state index contributed by atoms with van der Waals surface area (Å²) < 4.78 is 0. The van der Waals surface area contributed by atoms with Gasteiger partial charge in [-0.25, -0.2) is 0 Å². The lowest BCUT2D eigenvalue weighted by molar-refractivity contribution is 0.464. The Kier molecular flexibility index (Phi) is 4.38. The first-order chi connectivity index (χ1) is 9.92. The molecule has 3 heteroatoms. The van der Waals surface area contributed by atoms with Crippen molar-refractivity contribution in [3.63, 3.8) is 0 Å². The van der Waals surface area contributed by atoms with Crippen LogP contribution in [0.2, 0.25) is 0 Å². The Bertz CT molecular complexity index is 514. The molecule has 1 unspecified atom stereocenters. The number of hydrogen-bond acceptors (Lipinski definition) is 3. The fourth-order valence-electron chi connectivity index (χ4n) is 2.81. The highest BCUT2D eigenvalue weighted by molar-refractivity contribution is 5.57. The van der Waals surface area contributed by atoms with E-state index in [1.165, 1.54) is 19.3 Å². The molecular formula is C17H21N3. The summed E-state index contributed by atoms with van der Waals surface area (Å²) in [5.74, 6) is 0.752. The van der Waals surface area contributed by atoms with E-state index < -0.39 is 0 Å². The number of nitrogens with one attached hydrogen (secondary N) is 1. The molecule has 2 heterocycles. The number of aromatic nitrogens is 2. The normalized spacial score (nSPS) is 19.5. The topological polar surface area (TPSA) is 37.8 Å². The third-order valence-electron chi connectivity index (χ3n) is 3.97. The average molecular weight is 267 g/mol. The quantitative estimate of drug-likeness (QED) is 0.928. The van der Waals surface area contributed by atoms with Gasteiger partial charge >= 0.3 is 0 Å². The summed E-state index contributed by atoms with van der Waals surface area (Å²) in [6.45, 7) is 2.30. The van der Waals surface area contributed by atoms with Crippen LogP contribution in [0.4, 0.5) is 0 Å². The highest BCUT2D eigenvalue weighted by Gasteiger charge is 2.13. The molecule has 1 aromatic heterocycles. The smallest absolute Gasteiger partial charge is 0.0885 e. The predicted molar refractivity (Wildman–Crippen MR) is 81.4 cm³/mol. The maximum absolute atomic E-state index is 4.60. The van der Waals surface area contributed by atoms with E-state index in [4.69, 9.17) is 0 Å². The minimum Gasteiger partial charge on any atom is -0.317 e. The summed E-state index contributed by atoms with van der Waals surface area (Å²) in [6, 6.07) is 10.2. The van der Waals surface area contributed by atoms with Crippen molar-refractivity contribution in [2.45, 2.75) is 25.7 Å². The molecule has 1 aliphatic rings. The Balaban J connectivity index is 1.67. The first kappa shape index (κ1) is 13.3. The molecule has 3 nitrogen and oxygen atoms in total. The zero-order chi connectivity index (χ0) is 13.6. The van der Waals surface area contributed by atoms with E-state index >= 15 is 0 Å². The fraction of sp³-hybridized carbons (Fsp3) is 0.412. The number of rotatable bonds is 3. The maximum atomic E-state index is 4.60. The maximum Gasteiger partial charge on any atom is 0.0885 e. The summed E-state index contributed by atoms with van der Waals surface area (Å²) in [5.41, 5.74) is 3.21. The van der Waals surface area contributed by atoms with Gasteiger partial charge in [-0.15, -0.1) is 0 Å². The molecule has 0 radical (unpaired) electrons. The average Bonchev–Trinajstić information content (AvgIpc) is 2.78. The van der Waals surface area contributed by atoms with Gasteiger partial charge in [0.25, 0.3) is 0 Å². The summed E-state index contributed by atoms with van der Waals surface area (Å²) in [5, 5.41) is 3.46. The Labute approximate surface area is 120 Å². The molecule has 20 heavy (non-hydrogen) atoms. The molecule has 0 bridgehead atoms. The van der Waals surface area contributed by atoms with Crippen molar-refractivity contribution in [1.82, 2.24) is 15.3 Å². The van der Waals surface area contributed by atoms with Crippen LogP contribution in [0.15, 0.2) is 42.7 Å². The SMILES string of the molecule is c1ccc(-c2cnc(CC3CCCNCC3)cn2)cc1. The lowest BCUT2D eigenvalue weighted by atomic mass is 9.95. The Morgan fingerprint density at radius 3 is 2.70 bits per heavy atom. The molecule has 0 aliphatic carbocycles. The number of benzene rings is 1. The zero-order valence-corrected chi connectivity index (χ0v) is 11.8. The number of nitrogens with zero attached hydrogens (tertiary/aromatic N) is 2. The first-order valence-electron chi connectivity index (χ1n) is 7.49. The van der Waals surface area contributed by atoms with Gasteiger partial charge in [-0.3, -0.25) is 9.97 Å². The van der Waals surface area contributed by atoms with Crippen LogP contribution in [0.3, 0.4) is 0 Å². The molecular weight excluding hydrogens is 246 g/mol. The van der Waals surface area contributed by atoms with Crippen LogP contribution in [0.1, 0.15) is 25.0 Å². The molecule has 3 rings (SSSR count). The van der Waals surface area contributed by atoms with Crippen LogP contribution in [0.5, 0.6) is 0 Å². The standard InChI is InChI=1S/C17H21N3/c1-2-6-15(7-3-1)17-13-19-16(12-20-17)11-14-5-4-9-18-10-8-14/h1-3,6-7,12-14,18H,4-5,8-11H2. The molecule has 1 atom stereocenters. The zero-order valence-electron chi connectivity index (χ0n) is 11.8. The van der Waals surface area contributed by atoms with Gasteiger partial charge in [0.1, 0.15) is 0 Å². The highest BCUT2D eigenvalue weighted by atomic mass is 14.9. The van der Waals surface area contributed by atoms with E-state index in [0.29, 0.717) is 0 Å². The largest absolute Gasteiger partial charge is 0.317 e. The van der Waals surface area contributed by atoms with Gasteiger partial charge < -0.3 is 5.32 Å². The molecule has 104 valence electrons. The van der Waals surface area contributed by atoms with Crippen LogP contribution in [0, 0.1) is 5.92 Å². The van der Waals surface area contributed by atoms with Gasteiger partial charge in [-0.2, -0.15) is 0 Å². The Hall–Kier alpha value is -1.74. The molecule has 1 N–H and O–H groups in total. The molecule has 1 aliphatic heterocycles. The second-order valence-electron chi connectivity index (χ2n) is 5.51. The molecule has 2 aromatic rings. The van der Waals surface area contributed by atoms with Crippen molar-refractivity contribution < 1.29 is 0 Å². The molecule has 1 fully saturated rings. The van der Waals surface area contributed by atoms with Gasteiger partial charge in [-0.1, -0.05) is 30.3 Å². The molecule has 1 aromatic carbocycles. The highest BCUT2D eigenvalue weighted by Crippen LogP contribution is 2.19. The van der Waals surface area contributed by atoms with Gasteiger partial charge in [-0.05, 0) is 44.7 Å². The van der Waals surface area contributed by atoms with Crippen LogP contribution in [-0.4, -0.2) is 23.1 Å². The van der Waals surface area contributed by atoms with Crippen molar-refractivity contribution in [1.29, 1.82) is 0 Å². The van der Waals surface area contributed by atoms with Gasteiger partial charge in [0.15, 0.2) is 0 Å². The monoisotopic (exact) mass is 267 g/mol. The molecule has 0 spiro atoms. The third-order valence-corrected chi connectivity index (χ3v) is 3.97. The van der Waals surface area contributed by atoms with Crippen molar-refractivity contribution in [2.24, 2.45) is 5.92 Å². The third kappa shape index (κ3) is 3.42. The second-order valence-corrected chi connectivity index (χ2v) is 5.51. The predicted octanol–water partition coefficient (Wildman–Crippen LogP) is 3.08. The second kappa shape index (κ2) is 6.62. The molecule has 0 amide bonds. The van der Waals surface area contributed by atoms with Crippen LogP contribution >= 0.6 is 0 Å². The van der Waals surface area contributed by atoms with Gasteiger partial charge in [0, 0.05) is 11.8 Å². The molecule has 0 saturated carbocycles. The number of hydrogen-bond donors (Lipinski definition) is 1. The summed E-state index contributed by atoms with van der Waals surface area (Å²) in [7, 11) is 0. The van der Waals surface area contributed by atoms with E-state index in [2.05, 4.69) is 27.4 Å². The van der Waals surface area contributed by atoms with Crippen molar-refractivity contribution >= 4 is 0 Å². The van der Waals surface area contributed by atoms with E-state index in [1.807, 2.05) is 30.6 Å². The summed E-state index contributed by atoms with van der Waals surface area (Å²) in [6.07, 6.45) is 8.74. The van der Waals surface area contributed by atoms with Crippen molar-refractivity contribution in [2.75, 3.05) is 13.1 Å². The van der Waals surface area contributed by atoms with Crippen molar-refractivity contribution in [3.05, 3.63) is 48.4 Å². The summed E-state index contributed by atoms with van der Waals surface area (Å²) >= 11 is 0. The fourth-order valence-corrected chi connectivity index (χ4v) is 2.81. The van der Waals surface area contributed by atoms with Crippen LogP contribution < -0.4 is 5.32 Å². The van der Waals surface area contributed by atoms with Crippen LogP contribution in [-0.2, 0) is 6.42 Å². The minimum atomic E-state index is 0.752. The van der Waals surface area contributed by atoms with Crippen molar-refractivity contribution in [3.8, 4) is 11.3 Å².